The van der Waals surface area contributed by atoms with Crippen molar-refractivity contribution in [3.05, 3.63) is 0 Å². The maximum absolute atomic E-state index is 9.99. The molecular weight excluding hydrogens is 117 g/mol. The molecule has 0 amide bonds. The van der Waals surface area contributed by atoms with Gasteiger partial charge in [-0.25, -0.2) is 0 Å². The maximum atomic E-state index is 9.99. The summed E-state index contributed by atoms with van der Waals surface area (Å²) >= 11 is 0. The number of rotatable bonds is 3. The summed E-state index contributed by atoms with van der Waals surface area (Å²) in [4.78, 5) is 0. The highest BCUT2D eigenvalue weighted by atomic mass is 31.1. The quantitative estimate of drug-likeness (QED) is 0.441. The fourth-order valence-corrected chi connectivity index (χ4v) is 0.408. The fraction of sp³-hybridized carbons (Fsp3) is 1.00. The summed E-state index contributed by atoms with van der Waals surface area (Å²) in [7, 11) is -2.05. The molecule has 2 N–H and O–H groups in total. The molecule has 42 valence electrons. The van der Waals surface area contributed by atoms with Gasteiger partial charge in [0.2, 0.25) is 0 Å². The molecule has 0 saturated carbocycles. The van der Waals surface area contributed by atoms with Crippen LogP contribution in [-0.4, -0.2) is 6.61 Å². The summed E-state index contributed by atoms with van der Waals surface area (Å²) in [6, 6.07) is 0. The predicted octanol–water partition coefficient (Wildman–Crippen LogP) is 0.571. The lowest BCUT2D eigenvalue weighted by Gasteiger charge is -1.73. The van der Waals surface area contributed by atoms with Gasteiger partial charge in [0.1, 0.15) is 6.61 Å². The Morgan fingerprint density at radius 3 is 2.57 bits per heavy atom. The molecule has 0 aromatic carbocycles. The van der Waals surface area contributed by atoms with Crippen molar-refractivity contribution in [2.75, 3.05) is 6.61 Å². The maximum Gasteiger partial charge on any atom is 0.716 e. The van der Waals surface area contributed by atoms with Gasteiger partial charge in [0, 0.05) is 4.57 Å². The van der Waals surface area contributed by atoms with E-state index in [1.54, 1.807) is 6.92 Å². The lowest BCUT2D eigenvalue weighted by molar-refractivity contribution is 0.239. The third kappa shape index (κ3) is 3.82. The van der Waals surface area contributed by atoms with Crippen LogP contribution in [0.4, 0.5) is 0 Å². The summed E-state index contributed by atoms with van der Waals surface area (Å²) < 4.78 is 18.1. The molecule has 0 spiro atoms. The van der Waals surface area contributed by atoms with Gasteiger partial charge in [-0.1, -0.05) is 0 Å². The highest BCUT2D eigenvalue weighted by molar-refractivity contribution is 7.33. The highest BCUT2D eigenvalue weighted by Crippen LogP contribution is 2.18. The van der Waals surface area contributed by atoms with Crippen molar-refractivity contribution in [2.24, 2.45) is 5.90 Å². The third-order valence-electron chi connectivity index (χ3n) is 0.321. The van der Waals surface area contributed by atoms with Crippen LogP contribution >= 0.6 is 8.25 Å². The zero-order valence-electron chi connectivity index (χ0n) is 3.96. The molecule has 0 aromatic heterocycles. The van der Waals surface area contributed by atoms with E-state index >= 15 is 0 Å². The Kier molecular flexibility index (Phi) is 4.14. The van der Waals surface area contributed by atoms with E-state index in [-0.39, 0.29) is 0 Å². The molecule has 4 nitrogen and oxygen atoms in total. The van der Waals surface area contributed by atoms with Crippen LogP contribution in [0.15, 0.2) is 0 Å². The minimum Gasteiger partial charge on any atom is -0.162 e. The molecule has 0 rings (SSSR count). The van der Waals surface area contributed by atoms with Crippen molar-refractivity contribution in [2.45, 2.75) is 6.92 Å². The molecule has 0 aliphatic rings. The van der Waals surface area contributed by atoms with Gasteiger partial charge in [-0.3, -0.25) is 0 Å². The van der Waals surface area contributed by atoms with Gasteiger partial charge in [0.05, 0.1) is 0 Å². The molecule has 1 atom stereocenters. The molecule has 0 heterocycles. The van der Waals surface area contributed by atoms with E-state index in [4.69, 9.17) is 0 Å². The highest BCUT2D eigenvalue weighted by Gasteiger charge is 2.14. The molecule has 0 radical (unpaired) electrons. The molecule has 0 aromatic rings. The number of hydrogen-bond acceptors (Lipinski definition) is 4. The van der Waals surface area contributed by atoms with Crippen LogP contribution in [0.1, 0.15) is 6.92 Å². The Morgan fingerprint density at radius 2 is 2.43 bits per heavy atom. The summed E-state index contributed by atoms with van der Waals surface area (Å²) in [6.45, 7) is 2.05. The van der Waals surface area contributed by atoms with E-state index in [1.165, 1.54) is 0 Å². The smallest absolute Gasteiger partial charge is 0.162 e. The molecule has 7 heavy (non-hydrogen) atoms. The molecule has 0 aliphatic heterocycles. The van der Waals surface area contributed by atoms with Gasteiger partial charge in [-0.15, -0.1) is 4.52 Å². The van der Waals surface area contributed by atoms with Crippen LogP contribution in [0, 0.1) is 0 Å². The van der Waals surface area contributed by atoms with E-state index in [0.29, 0.717) is 6.61 Å². The van der Waals surface area contributed by atoms with Gasteiger partial charge >= 0.3 is 8.25 Å². The van der Waals surface area contributed by atoms with Crippen molar-refractivity contribution in [1.82, 2.24) is 0 Å². The average Bonchev–Trinajstić information content (AvgIpc) is 1.68. The van der Waals surface area contributed by atoms with Crippen LogP contribution in [0.25, 0.3) is 0 Å². The third-order valence-corrected chi connectivity index (χ3v) is 0.962. The molecule has 0 fully saturated rings. The van der Waals surface area contributed by atoms with Crippen molar-refractivity contribution in [1.29, 1.82) is 0 Å². The second-order valence-electron chi connectivity index (χ2n) is 0.747. The number of nitrogens with two attached hydrogens (primary N) is 1. The topological polar surface area (TPSA) is 61.5 Å². The lowest BCUT2D eigenvalue weighted by Crippen LogP contribution is -1.89. The zero-order chi connectivity index (χ0) is 5.70. The standard InChI is InChI=1S/C2H7NO3P/c1-2-5-7(4)6-3/h2-3H2,1H3/q+1. The Labute approximate surface area is 42.5 Å². The zero-order valence-corrected chi connectivity index (χ0v) is 4.85. The minimum absolute atomic E-state index is 0.354. The number of hydrogen-bond donors (Lipinski definition) is 1. The van der Waals surface area contributed by atoms with E-state index in [2.05, 4.69) is 15.0 Å². The van der Waals surface area contributed by atoms with Crippen molar-refractivity contribution in [3.8, 4) is 0 Å². The first-order valence-corrected chi connectivity index (χ1v) is 2.87. The fourth-order valence-electron chi connectivity index (χ4n) is 0.136. The van der Waals surface area contributed by atoms with E-state index in [0.717, 1.165) is 0 Å². The monoisotopic (exact) mass is 124 g/mol. The van der Waals surface area contributed by atoms with Crippen molar-refractivity contribution < 1.29 is 13.7 Å². The minimum atomic E-state index is -2.05. The first kappa shape index (κ1) is 6.98. The van der Waals surface area contributed by atoms with E-state index < -0.39 is 8.25 Å². The van der Waals surface area contributed by atoms with Gasteiger partial charge in [0.25, 0.3) is 0 Å². The van der Waals surface area contributed by atoms with Crippen LogP contribution in [0.3, 0.4) is 0 Å². The molecule has 1 unspecified atom stereocenters. The largest absolute Gasteiger partial charge is 0.716 e. The molecule has 0 saturated heterocycles. The SMILES string of the molecule is CCO[P+](=O)ON. The second kappa shape index (κ2) is 4.15. The second-order valence-corrected chi connectivity index (χ2v) is 1.66. The van der Waals surface area contributed by atoms with Crippen molar-refractivity contribution in [3.63, 3.8) is 0 Å². The summed E-state index contributed by atoms with van der Waals surface area (Å²) in [5.74, 6) is 4.45. The predicted molar refractivity (Wildman–Crippen MR) is 24.5 cm³/mol. The van der Waals surface area contributed by atoms with E-state index in [1.807, 2.05) is 0 Å². The molecule has 0 bridgehead atoms. The first-order valence-electron chi connectivity index (χ1n) is 1.78. The van der Waals surface area contributed by atoms with Crippen LogP contribution in [0.5, 0.6) is 0 Å². The van der Waals surface area contributed by atoms with Crippen LogP contribution in [0.2, 0.25) is 0 Å². The Balaban J connectivity index is 3.00. The van der Waals surface area contributed by atoms with Gasteiger partial charge < -0.3 is 0 Å². The average molecular weight is 124 g/mol. The molecule has 5 heteroatoms. The Morgan fingerprint density at radius 1 is 1.86 bits per heavy atom. The van der Waals surface area contributed by atoms with Gasteiger partial charge in [-0.2, -0.15) is 5.90 Å². The summed E-state index contributed by atoms with van der Waals surface area (Å²) in [6.07, 6.45) is 0. The van der Waals surface area contributed by atoms with Gasteiger partial charge in [-0.05, 0) is 11.5 Å². The summed E-state index contributed by atoms with van der Waals surface area (Å²) in [5, 5.41) is 0. The van der Waals surface area contributed by atoms with Crippen molar-refractivity contribution >= 4 is 8.25 Å². The van der Waals surface area contributed by atoms with Crippen LogP contribution < -0.4 is 5.90 Å². The lowest BCUT2D eigenvalue weighted by atomic mass is 10.9. The molecule has 0 aliphatic carbocycles. The Hall–Kier alpha value is -0.0200. The first-order chi connectivity index (χ1) is 3.31. The Bertz CT molecular complexity index is 66.0. The summed E-state index contributed by atoms with van der Waals surface area (Å²) in [5.41, 5.74) is 0. The normalized spacial score (nSPS) is 11.4. The van der Waals surface area contributed by atoms with Gasteiger partial charge in [0.15, 0.2) is 0 Å². The molecular formula is C2H7NO3P+. The van der Waals surface area contributed by atoms with Crippen LogP contribution in [-0.2, 0) is 13.7 Å². The van der Waals surface area contributed by atoms with E-state index in [9.17, 15) is 4.57 Å².